The van der Waals surface area contributed by atoms with Crippen molar-refractivity contribution in [2.75, 3.05) is 31.6 Å². The third-order valence-corrected chi connectivity index (χ3v) is 9.57. The quantitative estimate of drug-likeness (QED) is 0.154. The second kappa shape index (κ2) is 16.6. The molecule has 4 aromatic rings. The maximum Gasteiger partial charge on any atom is 0.264 e. The molecule has 0 saturated carbocycles. The summed E-state index contributed by atoms with van der Waals surface area (Å²) in [6.45, 7) is 3.95. The zero-order chi connectivity index (χ0) is 33.8. The van der Waals surface area contributed by atoms with Crippen LogP contribution in [0.25, 0.3) is 0 Å². The van der Waals surface area contributed by atoms with Crippen molar-refractivity contribution in [2.45, 2.75) is 50.6 Å². The third kappa shape index (κ3) is 9.13. The molecule has 9 nitrogen and oxygen atoms in total. The molecule has 0 bridgehead atoms. The molecule has 0 aliphatic heterocycles. The van der Waals surface area contributed by atoms with Crippen molar-refractivity contribution in [2.24, 2.45) is 0 Å². The first-order valence-corrected chi connectivity index (χ1v) is 17.1. The van der Waals surface area contributed by atoms with Crippen LogP contribution in [0.4, 0.5) is 5.69 Å². The summed E-state index contributed by atoms with van der Waals surface area (Å²) >= 11 is 0. The molecule has 4 aromatic carbocycles. The summed E-state index contributed by atoms with van der Waals surface area (Å²) in [5.41, 5.74) is 2.81. The van der Waals surface area contributed by atoms with E-state index in [4.69, 9.17) is 9.47 Å². The molecule has 2 amide bonds. The van der Waals surface area contributed by atoms with Gasteiger partial charge in [-0.05, 0) is 48.7 Å². The second-order valence-electron chi connectivity index (χ2n) is 11.2. The summed E-state index contributed by atoms with van der Waals surface area (Å²) in [4.78, 5) is 30.1. The molecule has 10 heteroatoms. The van der Waals surface area contributed by atoms with Crippen molar-refractivity contribution in [3.8, 4) is 11.5 Å². The van der Waals surface area contributed by atoms with E-state index in [1.54, 1.807) is 30.3 Å². The van der Waals surface area contributed by atoms with E-state index < -0.39 is 28.5 Å². The monoisotopic (exact) mass is 657 g/mol. The Labute approximate surface area is 278 Å². The number of rotatable bonds is 16. The van der Waals surface area contributed by atoms with Crippen molar-refractivity contribution >= 4 is 27.5 Å². The molecule has 1 atom stereocenters. The first-order valence-electron chi connectivity index (χ1n) is 15.6. The number of nitrogens with one attached hydrogen (secondary N) is 1. The Balaban J connectivity index is 1.84. The van der Waals surface area contributed by atoms with Crippen LogP contribution in [0, 0.1) is 6.92 Å². The average molecular weight is 658 g/mol. The van der Waals surface area contributed by atoms with Gasteiger partial charge in [0.1, 0.15) is 24.1 Å². The molecule has 0 fully saturated rings. The fourth-order valence-electron chi connectivity index (χ4n) is 5.29. The summed E-state index contributed by atoms with van der Waals surface area (Å²) in [7, 11) is -1.39. The van der Waals surface area contributed by atoms with E-state index in [9.17, 15) is 18.0 Å². The lowest BCUT2D eigenvalue weighted by molar-refractivity contribution is -0.140. The Hall–Kier alpha value is -4.83. The van der Waals surface area contributed by atoms with Crippen molar-refractivity contribution in [3.63, 3.8) is 0 Å². The van der Waals surface area contributed by atoms with Gasteiger partial charge in [-0.2, -0.15) is 0 Å². The molecule has 0 aromatic heterocycles. The summed E-state index contributed by atoms with van der Waals surface area (Å²) in [6, 6.07) is 29.0. The predicted octanol–water partition coefficient (Wildman–Crippen LogP) is 5.76. The van der Waals surface area contributed by atoms with E-state index in [2.05, 4.69) is 5.32 Å². The molecule has 0 spiro atoms. The number of ether oxygens (including phenoxy) is 2. The summed E-state index contributed by atoms with van der Waals surface area (Å²) in [5.74, 6) is -0.237. The number of aryl methyl sites for hydroxylation is 1. The smallest absolute Gasteiger partial charge is 0.264 e. The highest BCUT2D eigenvalue weighted by molar-refractivity contribution is 7.92. The molecular weight excluding hydrogens is 614 g/mol. The third-order valence-electron chi connectivity index (χ3n) is 7.80. The zero-order valence-electron chi connectivity index (χ0n) is 27.4. The Morgan fingerprint density at radius 3 is 2.15 bits per heavy atom. The first-order chi connectivity index (χ1) is 22.7. The molecule has 0 radical (unpaired) electrons. The topological polar surface area (TPSA) is 105 Å². The van der Waals surface area contributed by atoms with Gasteiger partial charge in [-0.3, -0.25) is 13.9 Å². The Kier molecular flexibility index (Phi) is 12.4. The van der Waals surface area contributed by atoms with Crippen LogP contribution in [-0.4, -0.2) is 58.5 Å². The van der Waals surface area contributed by atoms with E-state index in [1.807, 2.05) is 68.4 Å². The fraction of sp³-hybridized carbons (Fsp3) is 0.297. The van der Waals surface area contributed by atoms with Gasteiger partial charge in [0, 0.05) is 25.6 Å². The minimum absolute atomic E-state index is 0.000973. The average Bonchev–Trinajstić information content (AvgIpc) is 3.09. The molecule has 0 saturated heterocycles. The van der Waals surface area contributed by atoms with Crippen molar-refractivity contribution in [1.82, 2.24) is 10.2 Å². The van der Waals surface area contributed by atoms with E-state index in [1.165, 1.54) is 37.3 Å². The maximum absolute atomic E-state index is 14.7. The summed E-state index contributed by atoms with van der Waals surface area (Å²) in [6.07, 6.45) is 1.92. The number of nitrogens with zero attached hydrogens (tertiary/aromatic N) is 2. The van der Waals surface area contributed by atoms with E-state index in [0.29, 0.717) is 12.3 Å². The van der Waals surface area contributed by atoms with Crippen LogP contribution in [0.5, 0.6) is 11.5 Å². The molecule has 0 unspecified atom stereocenters. The standard InChI is InChI=1S/C37H43N3O6S/c1-5-6-22-38-37(42)34(24-29-15-9-7-10-16-29)39(26-30-17-13-14-28(2)23-30)36(41)27-40(47(43,44)32-18-11-8-12-19-32)33-25-31(45-3)20-21-35(33)46-4/h7-21,23,25,34H,5-6,22,24,26-27H2,1-4H3,(H,38,42)/t34-/m0/s1. The Morgan fingerprint density at radius 1 is 0.830 bits per heavy atom. The van der Waals surface area contributed by atoms with Crippen LogP contribution in [-0.2, 0) is 32.6 Å². The van der Waals surface area contributed by atoms with Crippen LogP contribution >= 0.6 is 0 Å². The molecule has 0 aliphatic carbocycles. The molecule has 0 heterocycles. The number of anilines is 1. The number of hydrogen-bond acceptors (Lipinski definition) is 6. The van der Waals surface area contributed by atoms with Gasteiger partial charge in [-0.15, -0.1) is 0 Å². The number of amides is 2. The predicted molar refractivity (Wildman–Crippen MR) is 184 cm³/mol. The largest absolute Gasteiger partial charge is 0.497 e. The second-order valence-corrected chi connectivity index (χ2v) is 13.1. The first kappa shape index (κ1) is 35.0. The van der Waals surface area contributed by atoms with Crippen molar-refractivity contribution < 1.29 is 27.5 Å². The lowest BCUT2D eigenvalue weighted by atomic mass is 10.0. The van der Waals surface area contributed by atoms with Gasteiger partial charge in [-0.1, -0.05) is 91.7 Å². The minimum atomic E-state index is -4.29. The highest BCUT2D eigenvalue weighted by Gasteiger charge is 2.35. The fourth-order valence-corrected chi connectivity index (χ4v) is 6.73. The molecule has 1 N–H and O–H groups in total. The number of carbonyl (C=O) groups excluding carboxylic acids is 2. The normalized spacial score (nSPS) is 11.7. The summed E-state index contributed by atoms with van der Waals surface area (Å²) in [5, 5.41) is 3.01. The molecular formula is C37H43N3O6S. The van der Waals surface area contributed by atoms with Gasteiger partial charge >= 0.3 is 0 Å². The number of carbonyl (C=O) groups is 2. The van der Waals surface area contributed by atoms with E-state index in [0.717, 1.165) is 33.8 Å². The van der Waals surface area contributed by atoms with Gasteiger partial charge in [0.05, 0.1) is 24.8 Å². The minimum Gasteiger partial charge on any atom is -0.497 e. The van der Waals surface area contributed by atoms with Gasteiger partial charge in [0.15, 0.2) is 0 Å². The molecule has 248 valence electrons. The van der Waals surface area contributed by atoms with Gasteiger partial charge < -0.3 is 19.7 Å². The van der Waals surface area contributed by atoms with Crippen LogP contribution in [0.1, 0.15) is 36.5 Å². The van der Waals surface area contributed by atoms with Crippen molar-refractivity contribution in [3.05, 3.63) is 120 Å². The Bertz CT molecular complexity index is 1730. The zero-order valence-corrected chi connectivity index (χ0v) is 28.2. The SMILES string of the molecule is CCCCNC(=O)[C@H](Cc1ccccc1)N(Cc1cccc(C)c1)C(=O)CN(c1cc(OC)ccc1OC)S(=O)(=O)c1ccccc1. The number of methoxy groups -OCH3 is 2. The Morgan fingerprint density at radius 2 is 1.51 bits per heavy atom. The number of hydrogen-bond donors (Lipinski definition) is 1. The van der Waals surface area contributed by atoms with Gasteiger partial charge in [0.25, 0.3) is 10.0 Å². The maximum atomic E-state index is 14.7. The molecule has 47 heavy (non-hydrogen) atoms. The van der Waals surface area contributed by atoms with Crippen LogP contribution < -0.4 is 19.1 Å². The van der Waals surface area contributed by atoms with Crippen molar-refractivity contribution in [1.29, 1.82) is 0 Å². The van der Waals surface area contributed by atoms with Crippen LogP contribution in [0.2, 0.25) is 0 Å². The van der Waals surface area contributed by atoms with Gasteiger partial charge in [0.2, 0.25) is 11.8 Å². The highest BCUT2D eigenvalue weighted by atomic mass is 32.2. The van der Waals surface area contributed by atoms with Crippen LogP contribution in [0.3, 0.4) is 0 Å². The highest BCUT2D eigenvalue weighted by Crippen LogP contribution is 2.36. The number of benzene rings is 4. The van der Waals surface area contributed by atoms with E-state index >= 15 is 0 Å². The van der Waals surface area contributed by atoms with Crippen LogP contribution in [0.15, 0.2) is 108 Å². The molecule has 4 rings (SSSR count). The summed E-state index contributed by atoms with van der Waals surface area (Å²) < 4.78 is 40.7. The number of sulfonamides is 1. The van der Waals surface area contributed by atoms with Gasteiger partial charge in [-0.25, -0.2) is 8.42 Å². The number of unbranched alkanes of at least 4 members (excludes halogenated alkanes) is 1. The lowest BCUT2D eigenvalue weighted by Crippen LogP contribution is -2.53. The lowest BCUT2D eigenvalue weighted by Gasteiger charge is -2.34. The molecule has 0 aliphatic rings. The van der Waals surface area contributed by atoms with E-state index in [-0.39, 0.29) is 35.2 Å².